The molecule has 0 unspecified atom stereocenters. The number of methoxy groups -OCH3 is 1. The topological polar surface area (TPSA) is 80.3 Å². The minimum atomic E-state index is -3.40. The van der Waals surface area contributed by atoms with Crippen molar-refractivity contribution in [2.75, 3.05) is 33.4 Å². The lowest BCUT2D eigenvalue weighted by molar-refractivity contribution is 0.199. The molecular weight excluding hydrogens is 262 g/mol. The van der Waals surface area contributed by atoms with Crippen LogP contribution >= 0.6 is 11.3 Å². The number of hydrogen-bond acceptors (Lipinski definition) is 6. The smallest absolute Gasteiger partial charge is 0.251 e. The standard InChI is InChI=1S/C9H17N3O3S2/c1-8-11-7-9(16-8)17(13,14)12-4-3-10-5-6-15-2/h7,10,12H,3-6H2,1-2H3. The summed E-state index contributed by atoms with van der Waals surface area (Å²) in [6.07, 6.45) is 1.38. The quantitative estimate of drug-likeness (QED) is 0.653. The number of sulfonamides is 1. The molecule has 8 heteroatoms. The third-order valence-electron chi connectivity index (χ3n) is 1.94. The van der Waals surface area contributed by atoms with E-state index in [1.165, 1.54) is 6.20 Å². The maximum Gasteiger partial charge on any atom is 0.251 e. The Bertz CT molecular complexity index is 430. The lowest BCUT2D eigenvalue weighted by Crippen LogP contribution is -2.32. The maximum absolute atomic E-state index is 11.7. The SMILES string of the molecule is COCCNCCNS(=O)(=O)c1cnc(C)s1. The highest BCUT2D eigenvalue weighted by Gasteiger charge is 2.15. The molecule has 0 aromatic carbocycles. The van der Waals surface area contributed by atoms with Gasteiger partial charge in [0.2, 0.25) is 0 Å². The molecule has 0 fully saturated rings. The largest absolute Gasteiger partial charge is 0.383 e. The number of thiazole rings is 1. The molecule has 0 aliphatic carbocycles. The summed E-state index contributed by atoms with van der Waals surface area (Å²) in [5.41, 5.74) is 0. The van der Waals surface area contributed by atoms with Gasteiger partial charge in [0.15, 0.2) is 4.21 Å². The van der Waals surface area contributed by atoms with Gasteiger partial charge >= 0.3 is 0 Å². The van der Waals surface area contributed by atoms with Gasteiger partial charge in [-0.05, 0) is 6.92 Å². The van der Waals surface area contributed by atoms with E-state index in [0.717, 1.165) is 16.3 Å². The lowest BCUT2D eigenvalue weighted by Gasteiger charge is -2.05. The van der Waals surface area contributed by atoms with E-state index in [1.807, 2.05) is 0 Å². The molecule has 0 saturated carbocycles. The second-order valence-corrected chi connectivity index (χ2v) is 6.57. The number of hydrogen-bond donors (Lipinski definition) is 2. The van der Waals surface area contributed by atoms with E-state index in [4.69, 9.17) is 4.74 Å². The predicted molar refractivity (Wildman–Crippen MR) is 66.8 cm³/mol. The third kappa shape index (κ3) is 5.09. The van der Waals surface area contributed by atoms with Gasteiger partial charge in [-0.3, -0.25) is 0 Å². The zero-order chi connectivity index (χ0) is 12.7. The second-order valence-electron chi connectivity index (χ2n) is 3.34. The fourth-order valence-corrected chi connectivity index (χ4v) is 3.29. The summed E-state index contributed by atoms with van der Waals surface area (Å²) in [7, 11) is -1.78. The first-order valence-electron chi connectivity index (χ1n) is 5.18. The van der Waals surface area contributed by atoms with Crippen molar-refractivity contribution < 1.29 is 13.2 Å². The van der Waals surface area contributed by atoms with Crippen molar-refractivity contribution in [3.8, 4) is 0 Å². The zero-order valence-corrected chi connectivity index (χ0v) is 11.5. The fourth-order valence-electron chi connectivity index (χ4n) is 1.11. The monoisotopic (exact) mass is 279 g/mol. The molecule has 98 valence electrons. The van der Waals surface area contributed by atoms with E-state index in [9.17, 15) is 8.42 Å². The average molecular weight is 279 g/mol. The Labute approximate surface area is 105 Å². The van der Waals surface area contributed by atoms with Gasteiger partial charge in [-0.2, -0.15) is 0 Å². The molecule has 0 saturated heterocycles. The van der Waals surface area contributed by atoms with Gasteiger partial charge in [-0.25, -0.2) is 18.1 Å². The number of rotatable bonds is 8. The summed E-state index contributed by atoms with van der Waals surface area (Å²) in [4.78, 5) is 3.92. The van der Waals surface area contributed by atoms with Crippen molar-refractivity contribution in [1.29, 1.82) is 0 Å². The number of nitrogens with one attached hydrogen (secondary N) is 2. The molecular formula is C9H17N3O3S2. The molecule has 1 aromatic heterocycles. The van der Waals surface area contributed by atoms with E-state index < -0.39 is 10.0 Å². The van der Waals surface area contributed by atoms with Crippen LogP contribution in [0.5, 0.6) is 0 Å². The van der Waals surface area contributed by atoms with Crippen LogP contribution in [0, 0.1) is 6.92 Å². The Balaban J connectivity index is 2.31. The normalized spacial score (nSPS) is 11.9. The van der Waals surface area contributed by atoms with E-state index in [-0.39, 0.29) is 4.21 Å². The van der Waals surface area contributed by atoms with Crippen LogP contribution < -0.4 is 10.0 Å². The van der Waals surface area contributed by atoms with E-state index >= 15 is 0 Å². The summed E-state index contributed by atoms with van der Waals surface area (Å²) in [6.45, 7) is 4.01. The molecule has 0 radical (unpaired) electrons. The predicted octanol–water partition coefficient (Wildman–Crippen LogP) is -0.0342. The number of aromatic nitrogens is 1. The van der Waals surface area contributed by atoms with Gasteiger partial charge in [0.1, 0.15) is 0 Å². The van der Waals surface area contributed by atoms with Crippen molar-refractivity contribution in [3.05, 3.63) is 11.2 Å². The molecule has 6 nitrogen and oxygen atoms in total. The zero-order valence-electron chi connectivity index (χ0n) is 9.89. The number of nitrogens with zero attached hydrogens (tertiary/aromatic N) is 1. The Morgan fingerprint density at radius 3 is 2.76 bits per heavy atom. The Morgan fingerprint density at radius 1 is 1.41 bits per heavy atom. The number of ether oxygens (including phenoxy) is 1. The van der Waals surface area contributed by atoms with Gasteiger partial charge < -0.3 is 10.1 Å². The minimum Gasteiger partial charge on any atom is -0.383 e. The van der Waals surface area contributed by atoms with Crippen LogP contribution in [0.15, 0.2) is 10.4 Å². The van der Waals surface area contributed by atoms with Crippen LogP contribution in [0.4, 0.5) is 0 Å². The first-order chi connectivity index (χ1) is 8.06. The molecule has 0 amide bonds. The van der Waals surface area contributed by atoms with E-state index in [2.05, 4.69) is 15.0 Å². The van der Waals surface area contributed by atoms with Crippen molar-refractivity contribution in [2.24, 2.45) is 0 Å². The third-order valence-corrected chi connectivity index (χ3v) is 4.78. The summed E-state index contributed by atoms with van der Waals surface area (Å²) in [5, 5.41) is 3.79. The lowest BCUT2D eigenvalue weighted by atomic mass is 10.6. The Kier molecular flexibility index (Phi) is 6.00. The van der Waals surface area contributed by atoms with Crippen molar-refractivity contribution in [2.45, 2.75) is 11.1 Å². The molecule has 0 bridgehead atoms. The molecule has 1 heterocycles. The van der Waals surface area contributed by atoms with Crippen LogP contribution in [-0.2, 0) is 14.8 Å². The maximum atomic E-state index is 11.7. The highest BCUT2D eigenvalue weighted by molar-refractivity contribution is 7.91. The van der Waals surface area contributed by atoms with E-state index in [1.54, 1.807) is 14.0 Å². The van der Waals surface area contributed by atoms with Gasteiger partial charge in [-0.15, -0.1) is 11.3 Å². The van der Waals surface area contributed by atoms with Crippen LogP contribution in [0.2, 0.25) is 0 Å². The summed E-state index contributed by atoms with van der Waals surface area (Å²) in [6, 6.07) is 0. The molecule has 0 aliphatic rings. The molecule has 0 atom stereocenters. The summed E-state index contributed by atoms with van der Waals surface area (Å²) in [5.74, 6) is 0. The van der Waals surface area contributed by atoms with Crippen LogP contribution in [0.25, 0.3) is 0 Å². The molecule has 1 aromatic rings. The van der Waals surface area contributed by atoms with Gasteiger partial charge in [-0.1, -0.05) is 0 Å². The minimum absolute atomic E-state index is 0.256. The number of aryl methyl sites for hydroxylation is 1. The average Bonchev–Trinajstić information content (AvgIpc) is 2.71. The highest BCUT2D eigenvalue weighted by atomic mass is 32.2. The molecule has 0 aliphatic heterocycles. The van der Waals surface area contributed by atoms with Crippen LogP contribution in [0.1, 0.15) is 5.01 Å². The molecule has 0 spiro atoms. The highest BCUT2D eigenvalue weighted by Crippen LogP contribution is 2.16. The Morgan fingerprint density at radius 2 is 2.18 bits per heavy atom. The molecule has 2 N–H and O–H groups in total. The van der Waals surface area contributed by atoms with Crippen LogP contribution in [-0.4, -0.2) is 46.8 Å². The van der Waals surface area contributed by atoms with Gasteiger partial charge in [0, 0.05) is 26.7 Å². The van der Waals surface area contributed by atoms with Gasteiger partial charge in [0.25, 0.3) is 10.0 Å². The summed E-state index contributed by atoms with van der Waals surface area (Å²) < 4.78 is 31.1. The van der Waals surface area contributed by atoms with Gasteiger partial charge in [0.05, 0.1) is 17.8 Å². The van der Waals surface area contributed by atoms with Crippen molar-refractivity contribution >= 4 is 21.4 Å². The fraction of sp³-hybridized carbons (Fsp3) is 0.667. The van der Waals surface area contributed by atoms with Crippen molar-refractivity contribution in [1.82, 2.24) is 15.0 Å². The first-order valence-corrected chi connectivity index (χ1v) is 7.48. The van der Waals surface area contributed by atoms with Crippen LogP contribution in [0.3, 0.4) is 0 Å². The molecule has 1 rings (SSSR count). The van der Waals surface area contributed by atoms with Crippen molar-refractivity contribution in [3.63, 3.8) is 0 Å². The first kappa shape index (κ1) is 14.5. The van der Waals surface area contributed by atoms with E-state index in [0.29, 0.717) is 26.2 Å². The molecule has 17 heavy (non-hydrogen) atoms. The Hall–Kier alpha value is -0.540. The summed E-state index contributed by atoms with van der Waals surface area (Å²) >= 11 is 1.16. The second kappa shape index (κ2) is 7.02.